The van der Waals surface area contributed by atoms with Crippen molar-refractivity contribution < 1.29 is 0 Å². The van der Waals surface area contributed by atoms with Crippen LogP contribution in [0, 0.1) is 20.8 Å². The average molecular weight is 269 g/mol. The SMILES string of the molecule is Cc1cc(C)c(CNc2ccc(N(C)C)nc2)cc1C. The molecule has 0 aliphatic rings. The Kier molecular flexibility index (Phi) is 4.28. The number of pyridine rings is 1. The summed E-state index contributed by atoms with van der Waals surface area (Å²) in [6.45, 7) is 7.31. The highest BCUT2D eigenvalue weighted by atomic mass is 15.1. The molecule has 0 saturated heterocycles. The molecule has 3 heteroatoms. The summed E-state index contributed by atoms with van der Waals surface area (Å²) in [5.41, 5.74) is 6.41. The van der Waals surface area contributed by atoms with Crippen molar-refractivity contribution in [1.29, 1.82) is 0 Å². The molecule has 2 rings (SSSR count). The van der Waals surface area contributed by atoms with Crippen molar-refractivity contribution in [2.75, 3.05) is 24.3 Å². The molecule has 0 fully saturated rings. The molecule has 1 N–H and O–H groups in total. The molecule has 0 aliphatic carbocycles. The fraction of sp³-hybridized carbons (Fsp3) is 0.353. The first-order valence-electron chi connectivity index (χ1n) is 6.91. The Morgan fingerprint density at radius 3 is 2.30 bits per heavy atom. The number of rotatable bonds is 4. The van der Waals surface area contributed by atoms with Gasteiger partial charge in [0.15, 0.2) is 0 Å². The molecular formula is C17H23N3. The lowest BCUT2D eigenvalue weighted by molar-refractivity contribution is 1.06. The highest BCUT2D eigenvalue weighted by Crippen LogP contribution is 2.17. The molecule has 106 valence electrons. The van der Waals surface area contributed by atoms with E-state index in [0.29, 0.717) is 0 Å². The van der Waals surface area contributed by atoms with Crippen molar-refractivity contribution in [3.8, 4) is 0 Å². The maximum atomic E-state index is 4.41. The van der Waals surface area contributed by atoms with Gasteiger partial charge in [0, 0.05) is 20.6 Å². The normalized spacial score (nSPS) is 10.4. The van der Waals surface area contributed by atoms with Gasteiger partial charge in [0.05, 0.1) is 11.9 Å². The second-order valence-electron chi connectivity index (χ2n) is 5.52. The number of nitrogens with zero attached hydrogens (tertiary/aromatic N) is 2. The zero-order valence-corrected chi connectivity index (χ0v) is 13.0. The molecule has 0 saturated carbocycles. The Balaban J connectivity index is 2.07. The summed E-state index contributed by atoms with van der Waals surface area (Å²) in [5, 5.41) is 3.43. The van der Waals surface area contributed by atoms with Crippen LogP contribution in [0.2, 0.25) is 0 Å². The maximum Gasteiger partial charge on any atom is 0.128 e. The first kappa shape index (κ1) is 14.4. The Bertz CT molecular complexity index is 586. The molecule has 1 heterocycles. The van der Waals surface area contributed by atoms with Crippen LogP contribution in [0.3, 0.4) is 0 Å². The molecule has 0 aliphatic heterocycles. The minimum atomic E-state index is 0.829. The van der Waals surface area contributed by atoms with Crippen molar-refractivity contribution in [2.45, 2.75) is 27.3 Å². The van der Waals surface area contributed by atoms with Gasteiger partial charge in [0.1, 0.15) is 5.82 Å². The third-order valence-corrected chi connectivity index (χ3v) is 3.64. The third kappa shape index (κ3) is 3.29. The highest BCUT2D eigenvalue weighted by Gasteiger charge is 2.03. The van der Waals surface area contributed by atoms with E-state index in [-0.39, 0.29) is 0 Å². The Hall–Kier alpha value is -2.03. The molecular weight excluding hydrogens is 246 g/mol. The largest absolute Gasteiger partial charge is 0.380 e. The lowest BCUT2D eigenvalue weighted by atomic mass is 10.0. The molecule has 0 bridgehead atoms. The zero-order chi connectivity index (χ0) is 14.7. The van der Waals surface area contributed by atoms with Gasteiger partial charge >= 0.3 is 0 Å². The van der Waals surface area contributed by atoms with Crippen LogP contribution in [-0.4, -0.2) is 19.1 Å². The standard InChI is InChI=1S/C17H23N3/c1-12-8-14(3)15(9-13(12)2)10-18-16-6-7-17(19-11-16)20(4)5/h6-9,11,18H,10H2,1-5H3. The van der Waals surface area contributed by atoms with Gasteiger partial charge in [0.2, 0.25) is 0 Å². The summed E-state index contributed by atoms with van der Waals surface area (Å²) in [5.74, 6) is 0.970. The van der Waals surface area contributed by atoms with Gasteiger partial charge in [-0.2, -0.15) is 0 Å². The fourth-order valence-electron chi connectivity index (χ4n) is 2.16. The fourth-order valence-corrected chi connectivity index (χ4v) is 2.16. The van der Waals surface area contributed by atoms with Gasteiger partial charge < -0.3 is 10.2 Å². The van der Waals surface area contributed by atoms with Crippen LogP contribution in [0.4, 0.5) is 11.5 Å². The predicted molar refractivity (Wildman–Crippen MR) is 86.5 cm³/mol. The van der Waals surface area contributed by atoms with E-state index >= 15 is 0 Å². The quantitative estimate of drug-likeness (QED) is 0.917. The van der Waals surface area contributed by atoms with E-state index in [1.165, 1.54) is 22.3 Å². The molecule has 2 aromatic rings. The van der Waals surface area contributed by atoms with Crippen LogP contribution < -0.4 is 10.2 Å². The smallest absolute Gasteiger partial charge is 0.128 e. The van der Waals surface area contributed by atoms with Crippen molar-refractivity contribution in [2.24, 2.45) is 0 Å². The molecule has 0 spiro atoms. The topological polar surface area (TPSA) is 28.2 Å². The second kappa shape index (κ2) is 5.95. The molecule has 3 nitrogen and oxygen atoms in total. The van der Waals surface area contributed by atoms with E-state index in [0.717, 1.165) is 18.1 Å². The van der Waals surface area contributed by atoms with Crippen LogP contribution >= 0.6 is 0 Å². The predicted octanol–water partition coefficient (Wildman–Crippen LogP) is 3.68. The van der Waals surface area contributed by atoms with Crippen LogP contribution in [0.25, 0.3) is 0 Å². The third-order valence-electron chi connectivity index (χ3n) is 3.64. The molecule has 0 unspecified atom stereocenters. The number of benzene rings is 1. The Morgan fingerprint density at radius 1 is 1.00 bits per heavy atom. The first-order chi connectivity index (χ1) is 9.47. The Labute approximate surface area is 121 Å². The van der Waals surface area contributed by atoms with Crippen LogP contribution in [-0.2, 0) is 6.54 Å². The number of hydrogen-bond acceptors (Lipinski definition) is 3. The maximum absolute atomic E-state index is 4.41. The highest BCUT2D eigenvalue weighted by molar-refractivity contribution is 5.49. The van der Waals surface area contributed by atoms with Gasteiger partial charge in [-0.3, -0.25) is 0 Å². The molecule has 20 heavy (non-hydrogen) atoms. The van der Waals surface area contributed by atoms with E-state index in [1.54, 1.807) is 0 Å². The number of aromatic nitrogens is 1. The summed E-state index contributed by atoms with van der Waals surface area (Å²) < 4.78 is 0. The minimum absolute atomic E-state index is 0.829. The van der Waals surface area contributed by atoms with E-state index < -0.39 is 0 Å². The van der Waals surface area contributed by atoms with Gasteiger partial charge in [0.25, 0.3) is 0 Å². The van der Waals surface area contributed by atoms with Gasteiger partial charge in [-0.25, -0.2) is 4.98 Å². The molecule has 0 atom stereocenters. The van der Waals surface area contributed by atoms with Gasteiger partial charge in [-0.05, 0) is 55.2 Å². The van der Waals surface area contributed by atoms with Gasteiger partial charge in [-0.15, -0.1) is 0 Å². The zero-order valence-electron chi connectivity index (χ0n) is 13.0. The van der Waals surface area contributed by atoms with E-state index in [1.807, 2.05) is 31.3 Å². The summed E-state index contributed by atoms with van der Waals surface area (Å²) in [6, 6.07) is 8.60. The number of nitrogens with one attached hydrogen (secondary N) is 1. The van der Waals surface area contributed by atoms with Crippen molar-refractivity contribution in [3.63, 3.8) is 0 Å². The van der Waals surface area contributed by atoms with E-state index in [4.69, 9.17) is 0 Å². The summed E-state index contributed by atoms with van der Waals surface area (Å²) in [6.07, 6.45) is 1.88. The van der Waals surface area contributed by atoms with Gasteiger partial charge in [-0.1, -0.05) is 12.1 Å². The molecule has 1 aromatic heterocycles. The molecule has 0 radical (unpaired) electrons. The average Bonchev–Trinajstić information content (AvgIpc) is 2.42. The first-order valence-corrected chi connectivity index (χ1v) is 6.91. The van der Waals surface area contributed by atoms with Crippen LogP contribution in [0.1, 0.15) is 22.3 Å². The summed E-state index contributed by atoms with van der Waals surface area (Å²) >= 11 is 0. The summed E-state index contributed by atoms with van der Waals surface area (Å²) in [7, 11) is 3.99. The lowest BCUT2D eigenvalue weighted by Gasteiger charge is -2.14. The second-order valence-corrected chi connectivity index (χ2v) is 5.52. The van der Waals surface area contributed by atoms with Crippen molar-refractivity contribution in [3.05, 3.63) is 52.7 Å². The molecule has 0 amide bonds. The number of anilines is 2. The van der Waals surface area contributed by atoms with Crippen LogP contribution in [0.5, 0.6) is 0 Å². The van der Waals surface area contributed by atoms with Crippen molar-refractivity contribution >= 4 is 11.5 Å². The molecule has 1 aromatic carbocycles. The van der Waals surface area contributed by atoms with Crippen LogP contribution in [0.15, 0.2) is 30.5 Å². The van der Waals surface area contributed by atoms with E-state index in [2.05, 4.69) is 49.3 Å². The monoisotopic (exact) mass is 269 g/mol. The number of hydrogen-bond donors (Lipinski definition) is 1. The van der Waals surface area contributed by atoms with Crippen molar-refractivity contribution in [1.82, 2.24) is 4.98 Å². The lowest BCUT2D eigenvalue weighted by Crippen LogP contribution is -2.10. The Morgan fingerprint density at radius 2 is 1.70 bits per heavy atom. The number of aryl methyl sites for hydroxylation is 3. The van der Waals surface area contributed by atoms with E-state index in [9.17, 15) is 0 Å². The minimum Gasteiger partial charge on any atom is -0.380 e. The summed E-state index contributed by atoms with van der Waals surface area (Å²) in [4.78, 5) is 6.41.